The van der Waals surface area contributed by atoms with Crippen molar-refractivity contribution in [3.63, 3.8) is 0 Å². The molecule has 0 aliphatic heterocycles. The molecule has 2 rings (SSSR count). The lowest BCUT2D eigenvalue weighted by molar-refractivity contribution is 0.112. The van der Waals surface area contributed by atoms with Crippen molar-refractivity contribution in [2.24, 2.45) is 0 Å². The van der Waals surface area contributed by atoms with E-state index in [2.05, 4.69) is 4.90 Å². The molecule has 0 bridgehead atoms. The summed E-state index contributed by atoms with van der Waals surface area (Å²) in [6.07, 6.45) is 6.06. The van der Waals surface area contributed by atoms with E-state index in [4.69, 9.17) is 0 Å². The van der Waals surface area contributed by atoms with Crippen LogP contribution in [-0.2, 0) is 6.54 Å². The quantitative estimate of drug-likeness (QED) is 0.757. The third-order valence-corrected chi connectivity index (χ3v) is 3.18. The summed E-state index contributed by atoms with van der Waals surface area (Å²) in [6.45, 7) is 1.31. The number of aldehydes is 1. The molecule has 0 saturated heterocycles. The molecule has 1 aromatic carbocycles. The Morgan fingerprint density at radius 2 is 2.26 bits per heavy atom. The molecular weight excluding hydrogens is 241 g/mol. The Balaban J connectivity index is 1.97. The van der Waals surface area contributed by atoms with Gasteiger partial charge in [0, 0.05) is 25.1 Å². The fourth-order valence-corrected chi connectivity index (χ4v) is 2.24. The van der Waals surface area contributed by atoms with E-state index in [9.17, 15) is 9.18 Å². The summed E-state index contributed by atoms with van der Waals surface area (Å²) in [5.74, 6) is 0. The van der Waals surface area contributed by atoms with Crippen LogP contribution >= 0.6 is 0 Å². The van der Waals surface area contributed by atoms with Crippen LogP contribution in [0.4, 0.5) is 4.39 Å². The third kappa shape index (κ3) is 3.86. The van der Waals surface area contributed by atoms with Crippen LogP contribution in [0.15, 0.2) is 48.1 Å². The highest BCUT2D eigenvalue weighted by atomic mass is 19.1. The van der Waals surface area contributed by atoms with Crippen molar-refractivity contribution in [1.82, 2.24) is 4.90 Å². The summed E-state index contributed by atoms with van der Waals surface area (Å²) in [5.41, 5.74) is 2.56. The van der Waals surface area contributed by atoms with Gasteiger partial charge in [-0.2, -0.15) is 0 Å². The van der Waals surface area contributed by atoms with Gasteiger partial charge in [0.2, 0.25) is 0 Å². The highest BCUT2D eigenvalue weighted by Gasteiger charge is 2.15. The van der Waals surface area contributed by atoms with Gasteiger partial charge in [0.1, 0.15) is 12.5 Å². The van der Waals surface area contributed by atoms with Crippen molar-refractivity contribution in [1.29, 1.82) is 0 Å². The first-order valence-electron chi connectivity index (χ1n) is 6.41. The lowest BCUT2D eigenvalue weighted by atomic mass is 10.0. The second-order valence-corrected chi connectivity index (χ2v) is 4.91. The van der Waals surface area contributed by atoms with Crippen molar-refractivity contribution in [2.45, 2.75) is 19.1 Å². The summed E-state index contributed by atoms with van der Waals surface area (Å²) in [6, 6.07) is 7.49. The SMILES string of the molecule is CN(CC1=CC=CCC1F)Cc1cccc(C=O)c1. The van der Waals surface area contributed by atoms with E-state index >= 15 is 0 Å². The molecule has 0 spiro atoms. The van der Waals surface area contributed by atoms with Crippen LogP contribution in [0.2, 0.25) is 0 Å². The molecule has 100 valence electrons. The average Bonchev–Trinajstić information content (AvgIpc) is 2.41. The van der Waals surface area contributed by atoms with E-state index in [0.29, 0.717) is 25.1 Å². The van der Waals surface area contributed by atoms with Crippen LogP contribution in [-0.4, -0.2) is 31.0 Å². The fraction of sp³-hybridized carbons (Fsp3) is 0.312. The molecule has 0 aromatic heterocycles. The number of rotatable bonds is 5. The van der Waals surface area contributed by atoms with E-state index in [0.717, 1.165) is 17.4 Å². The van der Waals surface area contributed by atoms with Gasteiger partial charge in [-0.05, 0) is 24.3 Å². The van der Waals surface area contributed by atoms with E-state index in [1.165, 1.54) is 0 Å². The van der Waals surface area contributed by atoms with E-state index in [1.807, 2.05) is 43.5 Å². The summed E-state index contributed by atoms with van der Waals surface area (Å²) < 4.78 is 13.7. The van der Waals surface area contributed by atoms with Crippen molar-refractivity contribution < 1.29 is 9.18 Å². The van der Waals surface area contributed by atoms with Gasteiger partial charge in [-0.25, -0.2) is 4.39 Å². The third-order valence-electron chi connectivity index (χ3n) is 3.18. The van der Waals surface area contributed by atoms with Crippen LogP contribution in [0.3, 0.4) is 0 Å². The first-order chi connectivity index (χ1) is 9.19. The number of carbonyl (C=O) groups excluding carboxylic acids is 1. The minimum absolute atomic E-state index is 0.473. The van der Waals surface area contributed by atoms with Gasteiger partial charge in [-0.15, -0.1) is 0 Å². The summed E-state index contributed by atoms with van der Waals surface area (Å²) in [5, 5.41) is 0. The Kier molecular flexibility index (Phi) is 4.63. The zero-order valence-electron chi connectivity index (χ0n) is 11.1. The standard InChI is InChI=1S/C16H18FNO/c1-18(11-15-7-2-3-8-16(15)17)10-13-5-4-6-14(9-13)12-19/h2-7,9,12,16H,8,10-11H2,1H3. The van der Waals surface area contributed by atoms with Gasteiger partial charge in [-0.1, -0.05) is 36.4 Å². The minimum Gasteiger partial charge on any atom is -0.298 e. The molecule has 1 aliphatic rings. The largest absolute Gasteiger partial charge is 0.298 e. The van der Waals surface area contributed by atoms with Gasteiger partial charge >= 0.3 is 0 Å². The number of hydrogen-bond donors (Lipinski definition) is 0. The minimum atomic E-state index is -0.867. The van der Waals surface area contributed by atoms with Gasteiger partial charge in [0.25, 0.3) is 0 Å². The first kappa shape index (κ1) is 13.7. The average molecular weight is 259 g/mol. The Morgan fingerprint density at radius 3 is 3.00 bits per heavy atom. The first-order valence-corrected chi connectivity index (χ1v) is 6.41. The molecule has 1 atom stereocenters. The number of halogens is 1. The number of allylic oxidation sites excluding steroid dienone is 3. The number of benzene rings is 1. The monoisotopic (exact) mass is 259 g/mol. The second-order valence-electron chi connectivity index (χ2n) is 4.91. The van der Waals surface area contributed by atoms with E-state index in [-0.39, 0.29) is 0 Å². The summed E-state index contributed by atoms with van der Waals surface area (Å²) in [4.78, 5) is 12.8. The molecule has 3 heteroatoms. The van der Waals surface area contributed by atoms with E-state index in [1.54, 1.807) is 6.07 Å². The van der Waals surface area contributed by atoms with Crippen molar-refractivity contribution in [3.05, 3.63) is 59.2 Å². The Bertz CT molecular complexity index is 507. The van der Waals surface area contributed by atoms with Crippen LogP contribution in [0.1, 0.15) is 22.3 Å². The number of nitrogens with zero attached hydrogens (tertiary/aromatic N) is 1. The van der Waals surface area contributed by atoms with Crippen molar-refractivity contribution >= 4 is 6.29 Å². The van der Waals surface area contributed by atoms with Crippen molar-refractivity contribution in [2.75, 3.05) is 13.6 Å². The number of hydrogen-bond acceptors (Lipinski definition) is 2. The molecule has 2 nitrogen and oxygen atoms in total. The maximum Gasteiger partial charge on any atom is 0.150 e. The molecule has 0 radical (unpaired) electrons. The molecule has 0 heterocycles. The van der Waals surface area contributed by atoms with Gasteiger partial charge in [-0.3, -0.25) is 9.69 Å². The van der Waals surface area contributed by atoms with Crippen LogP contribution in [0, 0.1) is 0 Å². The smallest absolute Gasteiger partial charge is 0.150 e. The molecule has 0 saturated carbocycles. The lowest BCUT2D eigenvalue weighted by Crippen LogP contribution is -2.24. The zero-order valence-corrected chi connectivity index (χ0v) is 11.1. The Labute approximate surface area is 113 Å². The molecule has 0 N–H and O–H groups in total. The molecule has 19 heavy (non-hydrogen) atoms. The van der Waals surface area contributed by atoms with Crippen LogP contribution in [0.5, 0.6) is 0 Å². The Morgan fingerprint density at radius 1 is 1.42 bits per heavy atom. The highest BCUT2D eigenvalue weighted by Crippen LogP contribution is 2.18. The maximum absolute atomic E-state index is 13.7. The number of carbonyl (C=O) groups is 1. The zero-order chi connectivity index (χ0) is 13.7. The number of alkyl halides is 1. The van der Waals surface area contributed by atoms with Gasteiger partial charge in [0.15, 0.2) is 0 Å². The highest BCUT2D eigenvalue weighted by molar-refractivity contribution is 5.74. The second kappa shape index (κ2) is 6.43. The number of likely N-dealkylation sites (N-methyl/N-ethyl adjacent to an activating group) is 1. The van der Waals surface area contributed by atoms with Crippen LogP contribution in [0.25, 0.3) is 0 Å². The lowest BCUT2D eigenvalue weighted by Gasteiger charge is -2.22. The summed E-state index contributed by atoms with van der Waals surface area (Å²) >= 11 is 0. The molecule has 1 aliphatic carbocycles. The molecular formula is C16H18FNO. The van der Waals surface area contributed by atoms with Crippen LogP contribution < -0.4 is 0 Å². The molecule has 1 unspecified atom stereocenters. The van der Waals surface area contributed by atoms with Gasteiger partial charge in [0.05, 0.1) is 0 Å². The fourth-order valence-electron chi connectivity index (χ4n) is 2.24. The van der Waals surface area contributed by atoms with Gasteiger partial charge < -0.3 is 0 Å². The topological polar surface area (TPSA) is 20.3 Å². The Hall–Kier alpha value is -1.74. The normalized spacial score (nSPS) is 18.5. The van der Waals surface area contributed by atoms with Crippen molar-refractivity contribution in [3.8, 4) is 0 Å². The van der Waals surface area contributed by atoms with E-state index < -0.39 is 6.17 Å². The summed E-state index contributed by atoms with van der Waals surface area (Å²) in [7, 11) is 1.96. The predicted molar refractivity (Wildman–Crippen MR) is 74.9 cm³/mol. The maximum atomic E-state index is 13.7. The molecule has 0 fully saturated rings. The predicted octanol–water partition coefficient (Wildman–Crippen LogP) is 3.16. The molecule has 0 amide bonds. The molecule has 1 aromatic rings.